The maximum Gasteiger partial charge on any atom is 0.228 e. The van der Waals surface area contributed by atoms with Gasteiger partial charge in [0.15, 0.2) is 5.75 Å². The highest BCUT2D eigenvalue weighted by Crippen LogP contribution is 2.30. The second-order valence-electron chi connectivity index (χ2n) is 4.10. The van der Waals surface area contributed by atoms with Crippen LogP contribution < -0.4 is 20.1 Å². The molecule has 1 aromatic carbocycles. The first kappa shape index (κ1) is 12.9. The Labute approximate surface area is 111 Å². The van der Waals surface area contributed by atoms with Gasteiger partial charge in [0.05, 0.1) is 12.8 Å². The third-order valence-corrected chi connectivity index (χ3v) is 2.45. The number of methoxy groups -OCH3 is 1. The molecule has 6 heteroatoms. The number of nitrogens with two attached hydrogens (primary N) is 1. The molecule has 0 unspecified atom stereocenters. The second-order valence-corrected chi connectivity index (χ2v) is 4.10. The highest BCUT2D eigenvalue weighted by molar-refractivity contribution is 5.56. The number of rotatable bonds is 4. The minimum absolute atomic E-state index is 0.429. The molecule has 6 nitrogen and oxygen atoms in total. The van der Waals surface area contributed by atoms with Crippen molar-refractivity contribution in [3.05, 3.63) is 30.5 Å². The zero-order chi connectivity index (χ0) is 13.8. The smallest absolute Gasteiger partial charge is 0.228 e. The number of hydrogen-bond acceptors (Lipinski definition) is 6. The van der Waals surface area contributed by atoms with Gasteiger partial charge in [-0.25, -0.2) is 4.98 Å². The van der Waals surface area contributed by atoms with E-state index in [-0.39, 0.29) is 0 Å². The van der Waals surface area contributed by atoms with Gasteiger partial charge < -0.3 is 20.1 Å². The molecule has 0 aliphatic heterocycles. The monoisotopic (exact) mass is 260 g/mol. The van der Waals surface area contributed by atoms with Crippen LogP contribution >= 0.6 is 0 Å². The van der Waals surface area contributed by atoms with E-state index in [0.29, 0.717) is 29.0 Å². The summed E-state index contributed by atoms with van der Waals surface area (Å²) in [6.07, 6.45) is 1.63. The molecule has 2 rings (SSSR count). The summed E-state index contributed by atoms with van der Waals surface area (Å²) in [5, 5.41) is 0. The molecule has 0 saturated heterocycles. The van der Waals surface area contributed by atoms with Gasteiger partial charge >= 0.3 is 0 Å². The molecule has 2 aromatic rings. The molecule has 100 valence electrons. The third kappa shape index (κ3) is 3.04. The molecule has 19 heavy (non-hydrogen) atoms. The Hall–Kier alpha value is -2.50. The number of benzene rings is 1. The van der Waals surface area contributed by atoms with Crippen LogP contribution in [0.1, 0.15) is 0 Å². The minimum Gasteiger partial charge on any atom is -0.497 e. The van der Waals surface area contributed by atoms with Crippen molar-refractivity contribution in [2.75, 3.05) is 31.8 Å². The molecule has 0 aliphatic carbocycles. The molecular weight excluding hydrogens is 244 g/mol. The van der Waals surface area contributed by atoms with Gasteiger partial charge in [-0.15, -0.1) is 0 Å². The Morgan fingerprint density at radius 2 is 2.00 bits per heavy atom. The molecule has 0 bridgehead atoms. The van der Waals surface area contributed by atoms with Gasteiger partial charge in [0.2, 0.25) is 11.8 Å². The molecule has 1 aromatic heterocycles. The summed E-state index contributed by atoms with van der Waals surface area (Å²) in [5.74, 6) is 2.17. The molecule has 1 heterocycles. The number of hydrogen-bond donors (Lipinski definition) is 1. The first-order valence-electron chi connectivity index (χ1n) is 5.72. The average Bonchev–Trinajstić information content (AvgIpc) is 2.41. The largest absolute Gasteiger partial charge is 0.497 e. The highest BCUT2D eigenvalue weighted by atomic mass is 16.5. The van der Waals surface area contributed by atoms with Crippen LogP contribution in [0.4, 0.5) is 11.6 Å². The number of aromatic nitrogens is 2. The molecular formula is C13H16N4O2. The molecule has 0 spiro atoms. The average molecular weight is 260 g/mol. The van der Waals surface area contributed by atoms with Crippen LogP contribution in [0.25, 0.3) is 0 Å². The minimum atomic E-state index is 0.429. The normalized spacial score (nSPS) is 10.1. The van der Waals surface area contributed by atoms with Gasteiger partial charge in [-0.2, -0.15) is 4.98 Å². The Kier molecular flexibility index (Phi) is 3.70. The highest BCUT2D eigenvalue weighted by Gasteiger charge is 2.07. The van der Waals surface area contributed by atoms with Crippen LogP contribution in [-0.4, -0.2) is 31.2 Å². The van der Waals surface area contributed by atoms with Crippen LogP contribution in [0, 0.1) is 0 Å². The van der Waals surface area contributed by atoms with Crippen LogP contribution in [0.5, 0.6) is 17.4 Å². The molecule has 0 radical (unpaired) electrons. The third-order valence-electron chi connectivity index (χ3n) is 2.45. The van der Waals surface area contributed by atoms with E-state index < -0.39 is 0 Å². The van der Waals surface area contributed by atoms with E-state index in [1.807, 2.05) is 14.1 Å². The standard InChI is InChI=1S/C13H16N4O2/c1-17(2)13-15-7-6-12(16-13)19-11-8-9(18-3)4-5-10(11)14/h4-8H,14H2,1-3H3. The summed E-state index contributed by atoms with van der Waals surface area (Å²) in [5.41, 5.74) is 6.37. The van der Waals surface area contributed by atoms with Crippen LogP contribution in [0.3, 0.4) is 0 Å². The van der Waals surface area contributed by atoms with Crippen LogP contribution in [-0.2, 0) is 0 Å². The van der Waals surface area contributed by atoms with E-state index >= 15 is 0 Å². The van der Waals surface area contributed by atoms with E-state index in [2.05, 4.69) is 9.97 Å². The maximum atomic E-state index is 5.86. The van der Waals surface area contributed by atoms with Crippen molar-refractivity contribution in [2.24, 2.45) is 0 Å². The molecule has 0 fully saturated rings. The van der Waals surface area contributed by atoms with Crippen molar-refractivity contribution < 1.29 is 9.47 Å². The van der Waals surface area contributed by atoms with Crippen molar-refractivity contribution in [1.29, 1.82) is 0 Å². The molecule has 0 saturated carbocycles. The van der Waals surface area contributed by atoms with Gasteiger partial charge in [-0.05, 0) is 12.1 Å². The Balaban J connectivity index is 2.28. The predicted molar refractivity (Wildman–Crippen MR) is 73.8 cm³/mol. The first-order chi connectivity index (χ1) is 9.10. The van der Waals surface area contributed by atoms with Crippen LogP contribution in [0.15, 0.2) is 30.5 Å². The fourth-order valence-electron chi connectivity index (χ4n) is 1.45. The van der Waals surface area contributed by atoms with E-state index in [1.165, 1.54) is 0 Å². The summed E-state index contributed by atoms with van der Waals surface area (Å²) in [6.45, 7) is 0. The summed E-state index contributed by atoms with van der Waals surface area (Å²) in [7, 11) is 5.31. The fourth-order valence-corrected chi connectivity index (χ4v) is 1.45. The maximum absolute atomic E-state index is 5.86. The Morgan fingerprint density at radius 3 is 2.68 bits per heavy atom. The topological polar surface area (TPSA) is 73.5 Å². The number of nitrogens with zero attached hydrogens (tertiary/aromatic N) is 3. The SMILES string of the molecule is COc1ccc(N)c(Oc2ccnc(N(C)C)n2)c1. The number of ether oxygens (including phenoxy) is 2. The Morgan fingerprint density at radius 1 is 1.21 bits per heavy atom. The van der Waals surface area contributed by atoms with Crippen molar-refractivity contribution >= 4 is 11.6 Å². The van der Waals surface area contributed by atoms with E-state index in [4.69, 9.17) is 15.2 Å². The van der Waals surface area contributed by atoms with Gasteiger partial charge in [0, 0.05) is 32.4 Å². The lowest BCUT2D eigenvalue weighted by atomic mass is 10.3. The predicted octanol–water partition coefficient (Wildman–Crippen LogP) is 1.93. The van der Waals surface area contributed by atoms with Crippen molar-refractivity contribution in [3.63, 3.8) is 0 Å². The van der Waals surface area contributed by atoms with Gasteiger partial charge in [0.1, 0.15) is 5.75 Å². The zero-order valence-corrected chi connectivity index (χ0v) is 11.1. The quantitative estimate of drug-likeness (QED) is 0.847. The van der Waals surface area contributed by atoms with Gasteiger partial charge in [-0.1, -0.05) is 0 Å². The van der Waals surface area contributed by atoms with Crippen molar-refractivity contribution in [3.8, 4) is 17.4 Å². The lowest BCUT2D eigenvalue weighted by molar-refractivity contribution is 0.408. The molecule has 0 aliphatic rings. The summed E-state index contributed by atoms with van der Waals surface area (Å²) < 4.78 is 10.8. The Bertz CT molecular complexity index is 572. The zero-order valence-electron chi connectivity index (χ0n) is 11.1. The number of nitrogen functional groups attached to an aromatic ring is 1. The first-order valence-corrected chi connectivity index (χ1v) is 5.72. The summed E-state index contributed by atoms with van der Waals surface area (Å²) in [6, 6.07) is 6.88. The van der Waals surface area contributed by atoms with Crippen molar-refractivity contribution in [1.82, 2.24) is 9.97 Å². The fraction of sp³-hybridized carbons (Fsp3) is 0.231. The lowest BCUT2D eigenvalue weighted by Gasteiger charge is -2.12. The van der Waals surface area contributed by atoms with E-state index in [9.17, 15) is 0 Å². The summed E-state index contributed by atoms with van der Waals surface area (Å²) in [4.78, 5) is 10.2. The lowest BCUT2D eigenvalue weighted by Crippen LogP contribution is -2.12. The molecule has 2 N–H and O–H groups in total. The summed E-state index contributed by atoms with van der Waals surface area (Å²) >= 11 is 0. The van der Waals surface area contributed by atoms with E-state index in [0.717, 1.165) is 0 Å². The van der Waals surface area contributed by atoms with Crippen LogP contribution in [0.2, 0.25) is 0 Å². The number of anilines is 2. The van der Waals surface area contributed by atoms with Crippen molar-refractivity contribution in [2.45, 2.75) is 0 Å². The second kappa shape index (κ2) is 5.43. The van der Waals surface area contributed by atoms with Gasteiger partial charge in [-0.3, -0.25) is 0 Å². The van der Waals surface area contributed by atoms with E-state index in [1.54, 1.807) is 42.5 Å². The molecule has 0 atom stereocenters. The van der Waals surface area contributed by atoms with Gasteiger partial charge in [0.25, 0.3) is 0 Å². The molecule has 0 amide bonds.